The second-order valence-corrected chi connectivity index (χ2v) is 7.28. The van der Waals surface area contributed by atoms with Gasteiger partial charge in [0.25, 0.3) is 11.8 Å². The van der Waals surface area contributed by atoms with Crippen LogP contribution in [-0.2, 0) is 6.42 Å². The van der Waals surface area contributed by atoms with E-state index in [1.54, 1.807) is 44.4 Å². The standard InChI is InChI=1S/C23H23N3O5/c1-13-20-18(25-26-22(27)17-10-11-30-14(17)2)8-5-9-19(20)31-21(13)23(28)24-15-6-4-7-16(12-15)29-3/h4,6-7,10-12H,5,8-9H2,1-3H3,(H,24,28)(H,26,27)/b25-18+. The normalized spacial score (nSPS) is 14.2. The Morgan fingerprint density at radius 2 is 1.97 bits per heavy atom. The molecule has 1 aliphatic rings. The number of methoxy groups -OCH3 is 1. The minimum absolute atomic E-state index is 0.236. The highest BCUT2D eigenvalue weighted by Crippen LogP contribution is 2.30. The van der Waals surface area contributed by atoms with E-state index in [-0.39, 0.29) is 17.6 Å². The van der Waals surface area contributed by atoms with Crippen molar-refractivity contribution < 1.29 is 23.2 Å². The number of hydrogen-bond donors (Lipinski definition) is 2. The van der Waals surface area contributed by atoms with Crippen LogP contribution in [0.15, 0.2) is 50.5 Å². The molecule has 31 heavy (non-hydrogen) atoms. The number of furan rings is 2. The van der Waals surface area contributed by atoms with Gasteiger partial charge in [-0.25, -0.2) is 5.43 Å². The third-order valence-corrected chi connectivity index (χ3v) is 5.26. The van der Waals surface area contributed by atoms with Crippen molar-refractivity contribution in [3.8, 4) is 5.75 Å². The first-order valence-electron chi connectivity index (χ1n) is 9.97. The Balaban J connectivity index is 1.57. The van der Waals surface area contributed by atoms with Crippen LogP contribution < -0.4 is 15.5 Å². The maximum Gasteiger partial charge on any atom is 0.291 e. The van der Waals surface area contributed by atoms with Crippen LogP contribution in [0.3, 0.4) is 0 Å². The molecule has 4 rings (SSSR count). The van der Waals surface area contributed by atoms with Crippen molar-refractivity contribution in [2.75, 3.05) is 12.4 Å². The van der Waals surface area contributed by atoms with E-state index < -0.39 is 0 Å². The average Bonchev–Trinajstić information content (AvgIpc) is 3.35. The SMILES string of the molecule is COc1cccc(NC(=O)c2oc3c(c2C)/C(=N/NC(=O)c2ccoc2C)CCC3)c1. The lowest BCUT2D eigenvalue weighted by Gasteiger charge is -2.13. The van der Waals surface area contributed by atoms with Crippen molar-refractivity contribution in [1.29, 1.82) is 0 Å². The fourth-order valence-corrected chi connectivity index (χ4v) is 3.68. The molecule has 2 aromatic heterocycles. The van der Waals surface area contributed by atoms with E-state index in [1.165, 1.54) is 6.26 Å². The molecule has 3 aromatic rings. The van der Waals surface area contributed by atoms with Crippen molar-refractivity contribution in [3.05, 3.63) is 70.6 Å². The summed E-state index contributed by atoms with van der Waals surface area (Å²) in [5.74, 6) is 1.41. The highest BCUT2D eigenvalue weighted by Gasteiger charge is 2.28. The predicted molar refractivity (Wildman–Crippen MR) is 115 cm³/mol. The molecular formula is C23H23N3O5. The van der Waals surface area contributed by atoms with Gasteiger partial charge in [-0.2, -0.15) is 5.10 Å². The molecule has 0 aliphatic heterocycles. The second kappa shape index (κ2) is 8.51. The van der Waals surface area contributed by atoms with Gasteiger partial charge in [0.05, 0.1) is 24.6 Å². The number of benzene rings is 1. The highest BCUT2D eigenvalue weighted by molar-refractivity contribution is 6.09. The molecule has 2 amide bonds. The molecule has 160 valence electrons. The van der Waals surface area contributed by atoms with E-state index in [4.69, 9.17) is 13.6 Å². The number of rotatable bonds is 5. The summed E-state index contributed by atoms with van der Waals surface area (Å²) in [7, 11) is 1.57. The van der Waals surface area contributed by atoms with E-state index in [0.29, 0.717) is 52.6 Å². The maximum atomic E-state index is 12.9. The molecule has 0 spiro atoms. The van der Waals surface area contributed by atoms with Gasteiger partial charge in [0.1, 0.15) is 17.3 Å². The Morgan fingerprint density at radius 3 is 2.71 bits per heavy atom. The van der Waals surface area contributed by atoms with Crippen LogP contribution in [0.5, 0.6) is 5.75 Å². The highest BCUT2D eigenvalue weighted by atomic mass is 16.5. The van der Waals surface area contributed by atoms with E-state index in [9.17, 15) is 9.59 Å². The molecule has 1 aliphatic carbocycles. The zero-order valence-corrected chi connectivity index (χ0v) is 17.6. The molecule has 0 fully saturated rings. The predicted octanol–water partition coefficient (Wildman–Crippen LogP) is 4.22. The number of hydrazone groups is 1. The van der Waals surface area contributed by atoms with Crippen molar-refractivity contribution >= 4 is 23.2 Å². The number of nitrogens with zero attached hydrogens (tertiary/aromatic N) is 1. The van der Waals surface area contributed by atoms with E-state index in [1.807, 2.05) is 6.92 Å². The zero-order chi connectivity index (χ0) is 22.0. The lowest BCUT2D eigenvalue weighted by atomic mass is 9.93. The first-order chi connectivity index (χ1) is 15.0. The molecule has 0 radical (unpaired) electrons. The van der Waals surface area contributed by atoms with E-state index >= 15 is 0 Å². The van der Waals surface area contributed by atoms with Crippen LogP contribution in [-0.4, -0.2) is 24.6 Å². The third kappa shape index (κ3) is 4.09. The van der Waals surface area contributed by atoms with Crippen LogP contribution in [0.4, 0.5) is 5.69 Å². The van der Waals surface area contributed by atoms with Crippen LogP contribution in [0.25, 0.3) is 0 Å². The lowest BCUT2D eigenvalue weighted by Crippen LogP contribution is -2.22. The molecule has 1 aromatic carbocycles. The van der Waals surface area contributed by atoms with Gasteiger partial charge >= 0.3 is 0 Å². The van der Waals surface area contributed by atoms with Gasteiger partial charge in [-0.3, -0.25) is 9.59 Å². The summed E-state index contributed by atoms with van der Waals surface area (Å²) < 4.78 is 16.3. The summed E-state index contributed by atoms with van der Waals surface area (Å²) in [6.45, 7) is 3.54. The molecule has 0 atom stereocenters. The van der Waals surface area contributed by atoms with Gasteiger partial charge in [0.15, 0.2) is 5.76 Å². The molecular weight excluding hydrogens is 398 g/mol. The fraction of sp³-hybridized carbons (Fsp3) is 0.261. The number of nitrogens with one attached hydrogen (secondary N) is 2. The van der Waals surface area contributed by atoms with Gasteiger partial charge in [-0.05, 0) is 44.9 Å². The first-order valence-corrected chi connectivity index (χ1v) is 9.97. The number of carbonyl (C=O) groups is 2. The van der Waals surface area contributed by atoms with E-state index in [2.05, 4.69) is 15.8 Å². The molecule has 0 bridgehead atoms. The molecule has 0 unspecified atom stereocenters. The van der Waals surface area contributed by atoms with Crippen LogP contribution in [0, 0.1) is 13.8 Å². The van der Waals surface area contributed by atoms with Gasteiger partial charge in [0, 0.05) is 29.3 Å². The Morgan fingerprint density at radius 1 is 1.13 bits per heavy atom. The minimum atomic E-state index is -0.349. The lowest BCUT2D eigenvalue weighted by molar-refractivity contribution is 0.0952. The van der Waals surface area contributed by atoms with Crippen LogP contribution >= 0.6 is 0 Å². The van der Waals surface area contributed by atoms with Crippen LogP contribution in [0.2, 0.25) is 0 Å². The fourth-order valence-electron chi connectivity index (χ4n) is 3.68. The Kier molecular flexibility index (Phi) is 5.62. The molecule has 2 N–H and O–H groups in total. The number of ether oxygens (including phenoxy) is 1. The van der Waals surface area contributed by atoms with Gasteiger partial charge in [-0.1, -0.05) is 6.07 Å². The number of hydrogen-bond acceptors (Lipinski definition) is 6. The molecule has 8 nitrogen and oxygen atoms in total. The summed E-state index contributed by atoms with van der Waals surface area (Å²) in [6, 6.07) is 8.70. The monoisotopic (exact) mass is 421 g/mol. The van der Waals surface area contributed by atoms with Crippen molar-refractivity contribution in [1.82, 2.24) is 5.43 Å². The first kappa shape index (κ1) is 20.5. The van der Waals surface area contributed by atoms with Gasteiger partial charge < -0.3 is 18.9 Å². The number of fused-ring (bicyclic) bond motifs is 1. The van der Waals surface area contributed by atoms with Crippen molar-refractivity contribution in [2.24, 2.45) is 5.10 Å². The minimum Gasteiger partial charge on any atom is -0.497 e. The molecule has 2 heterocycles. The largest absolute Gasteiger partial charge is 0.497 e. The van der Waals surface area contributed by atoms with Crippen molar-refractivity contribution in [3.63, 3.8) is 0 Å². The smallest absolute Gasteiger partial charge is 0.291 e. The summed E-state index contributed by atoms with van der Waals surface area (Å²) in [4.78, 5) is 25.2. The number of amides is 2. The Bertz CT molecular complexity index is 1170. The summed E-state index contributed by atoms with van der Waals surface area (Å²) in [6.07, 6.45) is 3.66. The zero-order valence-electron chi connectivity index (χ0n) is 17.6. The maximum absolute atomic E-state index is 12.9. The average molecular weight is 421 g/mol. The summed E-state index contributed by atoms with van der Waals surface area (Å²) >= 11 is 0. The Hall–Kier alpha value is -3.81. The quantitative estimate of drug-likeness (QED) is 0.600. The second-order valence-electron chi connectivity index (χ2n) is 7.28. The third-order valence-electron chi connectivity index (χ3n) is 5.26. The number of anilines is 1. The van der Waals surface area contributed by atoms with Gasteiger partial charge in [-0.15, -0.1) is 0 Å². The Labute approximate surface area is 179 Å². The summed E-state index contributed by atoms with van der Waals surface area (Å²) in [5.41, 5.74) is 5.80. The topological polar surface area (TPSA) is 106 Å². The molecule has 8 heteroatoms. The van der Waals surface area contributed by atoms with Gasteiger partial charge in [0.2, 0.25) is 0 Å². The van der Waals surface area contributed by atoms with E-state index in [0.717, 1.165) is 12.0 Å². The van der Waals surface area contributed by atoms with Crippen LogP contribution in [0.1, 0.15) is 56.4 Å². The molecule has 0 saturated carbocycles. The number of aryl methyl sites for hydroxylation is 2. The summed E-state index contributed by atoms with van der Waals surface area (Å²) in [5, 5.41) is 7.17. The van der Waals surface area contributed by atoms with Crippen molar-refractivity contribution in [2.45, 2.75) is 33.1 Å². The molecule has 0 saturated heterocycles. The number of carbonyl (C=O) groups excluding carboxylic acids is 2.